The number of aromatic nitrogens is 1. The van der Waals surface area contributed by atoms with Crippen LogP contribution in [0.4, 0.5) is 13.2 Å². The first-order chi connectivity index (χ1) is 9.51. The normalized spacial score (nSPS) is 12.2. The van der Waals surface area contributed by atoms with E-state index in [0.29, 0.717) is 6.54 Å². The van der Waals surface area contributed by atoms with Crippen LogP contribution in [-0.4, -0.2) is 22.4 Å². The lowest BCUT2D eigenvalue weighted by Gasteiger charge is -2.09. The van der Waals surface area contributed by atoms with Crippen LogP contribution in [0.25, 0.3) is 10.9 Å². The number of alkyl halides is 3. The second kappa shape index (κ2) is 6.54. The van der Waals surface area contributed by atoms with E-state index in [4.69, 9.17) is 0 Å². The molecular formula is C14H17F3N2S. The molecule has 0 saturated heterocycles. The lowest BCUT2D eigenvalue weighted by Crippen LogP contribution is -2.11. The number of hydrogen-bond donors (Lipinski definition) is 1. The van der Waals surface area contributed by atoms with Crippen molar-refractivity contribution in [2.24, 2.45) is 0 Å². The predicted molar refractivity (Wildman–Crippen MR) is 77.8 cm³/mol. The van der Waals surface area contributed by atoms with Crippen LogP contribution in [0.2, 0.25) is 0 Å². The SMILES string of the molecule is CCNCc1cccc2c1ccn2CCSC(F)(F)F. The molecule has 0 saturated carbocycles. The van der Waals surface area contributed by atoms with E-state index in [9.17, 15) is 13.2 Å². The minimum atomic E-state index is -4.15. The molecule has 0 aliphatic carbocycles. The molecule has 20 heavy (non-hydrogen) atoms. The highest BCUT2D eigenvalue weighted by atomic mass is 32.2. The monoisotopic (exact) mass is 302 g/mol. The van der Waals surface area contributed by atoms with E-state index in [1.54, 1.807) is 0 Å². The molecule has 1 aromatic heterocycles. The fraction of sp³-hybridized carbons (Fsp3) is 0.429. The van der Waals surface area contributed by atoms with Gasteiger partial charge in [-0.05, 0) is 36.0 Å². The van der Waals surface area contributed by atoms with Crippen molar-refractivity contribution >= 4 is 22.7 Å². The summed E-state index contributed by atoms with van der Waals surface area (Å²) in [5.41, 5.74) is -1.99. The number of nitrogens with one attached hydrogen (secondary N) is 1. The van der Waals surface area contributed by atoms with Crippen molar-refractivity contribution in [3.63, 3.8) is 0 Å². The van der Waals surface area contributed by atoms with Gasteiger partial charge in [0, 0.05) is 35.9 Å². The molecule has 2 aromatic rings. The predicted octanol–water partition coefficient (Wildman–Crippen LogP) is 4.00. The Bertz CT molecular complexity index is 563. The Morgan fingerprint density at radius 2 is 2.05 bits per heavy atom. The molecule has 0 unspecified atom stereocenters. The van der Waals surface area contributed by atoms with Crippen LogP contribution >= 0.6 is 11.8 Å². The molecule has 0 aliphatic heterocycles. The van der Waals surface area contributed by atoms with Crippen molar-refractivity contribution in [3.05, 3.63) is 36.0 Å². The van der Waals surface area contributed by atoms with Crippen molar-refractivity contribution in [1.29, 1.82) is 0 Å². The number of halogens is 3. The van der Waals surface area contributed by atoms with Gasteiger partial charge in [0.15, 0.2) is 0 Å². The third-order valence-electron chi connectivity index (χ3n) is 3.07. The molecule has 0 bridgehead atoms. The van der Waals surface area contributed by atoms with Crippen LogP contribution in [0, 0.1) is 0 Å². The Morgan fingerprint density at radius 3 is 2.75 bits per heavy atom. The Hall–Kier alpha value is -1.14. The molecule has 0 aliphatic rings. The van der Waals surface area contributed by atoms with Gasteiger partial charge in [-0.1, -0.05) is 19.1 Å². The van der Waals surface area contributed by atoms with Crippen LogP contribution in [0.15, 0.2) is 30.5 Å². The van der Waals surface area contributed by atoms with Gasteiger partial charge < -0.3 is 9.88 Å². The molecular weight excluding hydrogens is 285 g/mol. The zero-order chi connectivity index (χ0) is 14.6. The summed E-state index contributed by atoms with van der Waals surface area (Å²) in [5, 5.41) is 4.37. The lowest BCUT2D eigenvalue weighted by molar-refractivity contribution is -0.0328. The number of fused-ring (bicyclic) bond motifs is 1. The van der Waals surface area contributed by atoms with Crippen LogP contribution in [0.5, 0.6) is 0 Å². The third-order valence-corrected chi connectivity index (χ3v) is 3.78. The molecule has 110 valence electrons. The van der Waals surface area contributed by atoms with Crippen LogP contribution in [0.1, 0.15) is 12.5 Å². The van der Waals surface area contributed by atoms with E-state index < -0.39 is 5.51 Å². The Morgan fingerprint density at radius 1 is 1.25 bits per heavy atom. The Kier molecular flexibility index (Phi) is 4.99. The molecule has 1 heterocycles. The molecule has 1 N–H and O–H groups in total. The highest BCUT2D eigenvalue weighted by Gasteiger charge is 2.27. The molecule has 2 nitrogen and oxygen atoms in total. The van der Waals surface area contributed by atoms with Crippen LogP contribution < -0.4 is 5.32 Å². The summed E-state index contributed by atoms with van der Waals surface area (Å²) in [5.74, 6) is 0.0325. The van der Waals surface area contributed by atoms with Crippen LogP contribution in [0.3, 0.4) is 0 Å². The first kappa shape index (κ1) is 15.3. The van der Waals surface area contributed by atoms with Gasteiger partial charge in [-0.15, -0.1) is 0 Å². The van der Waals surface area contributed by atoms with E-state index in [2.05, 4.69) is 5.32 Å². The standard InChI is InChI=1S/C14H17F3N2S/c1-2-18-10-11-4-3-5-13-12(11)6-7-19(13)8-9-20-14(15,16)17/h3-7,18H,2,8-10H2,1H3. The van der Waals surface area contributed by atoms with Gasteiger partial charge in [0.2, 0.25) is 0 Å². The smallest absolute Gasteiger partial charge is 0.347 e. The highest BCUT2D eigenvalue weighted by molar-refractivity contribution is 8.00. The van der Waals surface area contributed by atoms with E-state index in [1.165, 1.54) is 5.56 Å². The summed E-state index contributed by atoms with van der Waals surface area (Å²) in [4.78, 5) is 0. The highest BCUT2D eigenvalue weighted by Crippen LogP contribution is 2.30. The molecule has 1 aromatic carbocycles. The van der Waals surface area contributed by atoms with Gasteiger partial charge in [0.25, 0.3) is 0 Å². The molecule has 0 fully saturated rings. The maximum Gasteiger partial charge on any atom is 0.441 e. The number of aryl methyl sites for hydroxylation is 1. The summed E-state index contributed by atoms with van der Waals surface area (Å²) in [6.45, 7) is 4.06. The van der Waals surface area contributed by atoms with Crippen molar-refractivity contribution in [2.45, 2.75) is 25.5 Å². The third kappa shape index (κ3) is 3.93. The van der Waals surface area contributed by atoms with Gasteiger partial charge in [0.1, 0.15) is 0 Å². The van der Waals surface area contributed by atoms with Crippen molar-refractivity contribution < 1.29 is 13.2 Å². The summed E-state index contributed by atoms with van der Waals surface area (Å²) < 4.78 is 38.3. The van der Waals surface area contributed by atoms with E-state index in [-0.39, 0.29) is 17.5 Å². The van der Waals surface area contributed by atoms with Gasteiger partial charge >= 0.3 is 5.51 Å². The van der Waals surface area contributed by atoms with Gasteiger partial charge in [-0.2, -0.15) is 13.2 Å². The van der Waals surface area contributed by atoms with E-state index in [0.717, 1.165) is 24.0 Å². The van der Waals surface area contributed by atoms with Crippen molar-refractivity contribution in [2.75, 3.05) is 12.3 Å². The van der Waals surface area contributed by atoms with Crippen LogP contribution in [-0.2, 0) is 13.1 Å². The molecule has 0 atom stereocenters. The summed E-state index contributed by atoms with van der Waals surface area (Å²) in [6, 6.07) is 7.91. The minimum Gasteiger partial charge on any atom is -0.347 e. The first-order valence-corrected chi connectivity index (χ1v) is 7.48. The fourth-order valence-electron chi connectivity index (χ4n) is 2.16. The largest absolute Gasteiger partial charge is 0.441 e. The number of rotatable bonds is 6. The Labute approximate surface area is 120 Å². The molecule has 6 heteroatoms. The summed E-state index contributed by atoms with van der Waals surface area (Å²) in [7, 11) is 0. The van der Waals surface area contributed by atoms with Crippen molar-refractivity contribution in [3.8, 4) is 0 Å². The second-order valence-corrected chi connectivity index (χ2v) is 5.59. The van der Waals surface area contributed by atoms with Crippen molar-refractivity contribution in [1.82, 2.24) is 9.88 Å². The van der Waals surface area contributed by atoms with Gasteiger partial charge in [0.05, 0.1) is 0 Å². The molecule has 0 spiro atoms. The summed E-state index contributed by atoms with van der Waals surface area (Å²) >= 11 is 0.0253. The lowest BCUT2D eigenvalue weighted by atomic mass is 10.1. The van der Waals surface area contributed by atoms with Gasteiger partial charge in [-0.3, -0.25) is 0 Å². The molecule has 0 radical (unpaired) electrons. The quantitative estimate of drug-likeness (QED) is 0.868. The fourth-order valence-corrected chi connectivity index (χ4v) is 2.68. The second-order valence-electron chi connectivity index (χ2n) is 4.43. The van der Waals surface area contributed by atoms with E-state index in [1.807, 2.05) is 42.0 Å². The number of thioether (sulfide) groups is 1. The average molecular weight is 302 g/mol. The molecule has 0 amide bonds. The minimum absolute atomic E-state index is 0.0253. The first-order valence-electron chi connectivity index (χ1n) is 6.49. The molecule has 2 rings (SSSR count). The zero-order valence-electron chi connectivity index (χ0n) is 11.2. The topological polar surface area (TPSA) is 17.0 Å². The number of hydrogen-bond acceptors (Lipinski definition) is 2. The van der Waals surface area contributed by atoms with Gasteiger partial charge in [-0.25, -0.2) is 0 Å². The zero-order valence-corrected chi connectivity index (χ0v) is 12.0. The maximum absolute atomic E-state index is 12.1. The number of benzene rings is 1. The Balaban J connectivity index is 2.11. The number of nitrogens with zero attached hydrogens (tertiary/aromatic N) is 1. The summed E-state index contributed by atoms with van der Waals surface area (Å²) in [6.07, 6.45) is 1.86. The average Bonchev–Trinajstić information content (AvgIpc) is 2.79. The van der Waals surface area contributed by atoms with E-state index >= 15 is 0 Å². The maximum atomic E-state index is 12.1.